The minimum absolute atomic E-state index is 0.367. The van der Waals surface area contributed by atoms with Gasteiger partial charge in [-0.25, -0.2) is 0 Å². The average Bonchev–Trinajstić information content (AvgIpc) is 2.51. The minimum Gasteiger partial charge on any atom is -0.508 e. The van der Waals surface area contributed by atoms with E-state index < -0.39 is 7.14 Å². The molecule has 0 aliphatic carbocycles. The molecule has 0 aromatic heterocycles. The van der Waals surface area contributed by atoms with Gasteiger partial charge in [0.1, 0.15) is 5.75 Å². The van der Waals surface area contributed by atoms with Gasteiger partial charge in [-0.15, -0.1) is 0 Å². The summed E-state index contributed by atoms with van der Waals surface area (Å²) in [5.41, 5.74) is 1.31. The fraction of sp³-hybridized carbons (Fsp3) is 0.667. The van der Waals surface area contributed by atoms with E-state index in [0.29, 0.717) is 5.75 Å². The van der Waals surface area contributed by atoms with Gasteiger partial charge in [-0.3, -0.25) is 0 Å². The van der Waals surface area contributed by atoms with E-state index in [2.05, 4.69) is 39.9 Å². The van der Waals surface area contributed by atoms with E-state index >= 15 is 0 Å². The van der Waals surface area contributed by atoms with Gasteiger partial charge in [0.05, 0.1) is 0 Å². The van der Waals surface area contributed by atoms with E-state index in [4.69, 9.17) is 0 Å². The van der Waals surface area contributed by atoms with Crippen molar-refractivity contribution in [2.75, 3.05) is 18.5 Å². The van der Waals surface area contributed by atoms with Gasteiger partial charge in [-0.05, 0) is 44.0 Å². The van der Waals surface area contributed by atoms with Crippen LogP contribution in [0.3, 0.4) is 0 Å². The molecule has 0 bridgehead atoms. The fourth-order valence-corrected chi connectivity index (χ4v) is 7.53. The van der Waals surface area contributed by atoms with E-state index in [1.165, 1.54) is 62.5 Å². The van der Waals surface area contributed by atoms with Gasteiger partial charge in [0.2, 0.25) is 0 Å². The number of hydrogen-bond acceptors (Lipinski definition) is 1. The highest BCUT2D eigenvalue weighted by Gasteiger charge is 2.37. The van der Waals surface area contributed by atoms with Gasteiger partial charge in [-0.1, -0.05) is 52.2 Å². The molecule has 1 aromatic carbocycles. The lowest BCUT2D eigenvalue weighted by atomic mass is 9.94. The molecule has 0 atom stereocenters. The van der Waals surface area contributed by atoms with Gasteiger partial charge in [-0.2, -0.15) is 0 Å². The van der Waals surface area contributed by atoms with E-state index in [1.807, 2.05) is 12.1 Å². The van der Waals surface area contributed by atoms with Crippen molar-refractivity contribution in [3.63, 3.8) is 0 Å². The molecular weight excluding hydrogens is 274 g/mol. The Morgan fingerprint density at radius 2 is 1.24 bits per heavy atom. The highest BCUT2D eigenvalue weighted by molar-refractivity contribution is 8.02. The van der Waals surface area contributed by atoms with Crippen molar-refractivity contribution in [3.05, 3.63) is 24.3 Å². The van der Waals surface area contributed by atoms with Crippen molar-refractivity contribution in [2.45, 2.75) is 59.3 Å². The molecule has 0 aliphatic rings. The maximum atomic E-state index is 9.47. The van der Waals surface area contributed by atoms with Gasteiger partial charge in [0.15, 0.2) is 0 Å². The zero-order chi connectivity index (χ0) is 15.6. The van der Waals surface area contributed by atoms with Crippen molar-refractivity contribution >= 4 is 19.6 Å². The molecule has 21 heavy (non-hydrogen) atoms. The lowest BCUT2D eigenvalue weighted by molar-refractivity contribution is 0.475. The molecule has 1 aromatic rings. The standard InChI is InChI=1S/C18H32BOP/c1-4-7-14-21(15-8-5-2,16-9-6-3)19-17-10-12-18(20)13-11-17/h10-13,20H,4-9,14-16H2,1-3H3/q+1. The molecule has 1 N–H and O–H groups in total. The summed E-state index contributed by atoms with van der Waals surface area (Å²) in [6.45, 7) is 9.51. The molecular formula is C18H32BOP+. The number of benzene rings is 1. The summed E-state index contributed by atoms with van der Waals surface area (Å²) in [5.74, 6) is 0.367. The Morgan fingerprint density at radius 3 is 1.62 bits per heavy atom. The van der Waals surface area contributed by atoms with Crippen LogP contribution >= 0.6 is 7.14 Å². The lowest BCUT2D eigenvalue weighted by Crippen LogP contribution is -2.24. The Kier molecular flexibility index (Phi) is 9.08. The number of aromatic hydroxyl groups is 1. The summed E-state index contributed by atoms with van der Waals surface area (Å²) in [7, 11) is -0.989. The van der Waals surface area contributed by atoms with Crippen molar-refractivity contribution in [3.8, 4) is 5.75 Å². The monoisotopic (exact) mass is 306 g/mol. The Balaban J connectivity index is 2.85. The Morgan fingerprint density at radius 1 is 0.810 bits per heavy atom. The predicted molar refractivity (Wildman–Crippen MR) is 99.7 cm³/mol. The largest absolute Gasteiger partial charge is 0.508 e. The number of hydrogen-bond donors (Lipinski definition) is 1. The third-order valence-corrected chi connectivity index (χ3v) is 8.65. The average molecular weight is 306 g/mol. The second-order valence-corrected chi connectivity index (χ2v) is 10.2. The summed E-state index contributed by atoms with van der Waals surface area (Å²) in [5, 5.41) is 9.47. The first-order valence-corrected chi connectivity index (χ1v) is 11.1. The normalized spacial score (nSPS) is 11.6. The van der Waals surface area contributed by atoms with Crippen LogP contribution in [-0.4, -0.2) is 30.6 Å². The molecule has 0 heterocycles. The summed E-state index contributed by atoms with van der Waals surface area (Å²) in [4.78, 5) is 0. The van der Waals surface area contributed by atoms with Crippen molar-refractivity contribution in [2.24, 2.45) is 0 Å². The predicted octanol–water partition coefficient (Wildman–Crippen LogP) is 5.05. The van der Waals surface area contributed by atoms with E-state index in [-0.39, 0.29) is 0 Å². The molecule has 0 saturated carbocycles. The molecule has 0 spiro atoms. The Bertz CT molecular complexity index is 356. The lowest BCUT2D eigenvalue weighted by Gasteiger charge is -2.27. The van der Waals surface area contributed by atoms with Crippen LogP contribution in [0.5, 0.6) is 5.75 Å². The number of phenols is 1. The highest BCUT2D eigenvalue weighted by Crippen LogP contribution is 2.58. The summed E-state index contributed by atoms with van der Waals surface area (Å²) >= 11 is 0. The number of phenolic OH excluding ortho intramolecular Hbond substituents is 1. The summed E-state index contributed by atoms with van der Waals surface area (Å²) < 4.78 is 0. The molecule has 0 aliphatic heterocycles. The third-order valence-electron chi connectivity index (χ3n) is 4.19. The van der Waals surface area contributed by atoms with Crippen LogP contribution in [0.25, 0.3) is 0 Å². The molecule has 0 amide bonds. The van der Waals surface area contributed by atoms with E-state index in [9.17, 15) is 5.11 Å². The number of rotatable bonds is 11. The summed E-state index contributed by atoms with van der Waals surface area (Å²) in [6.07, 6.45) is 12.2. The first-order valence-electron chi connectivity index (χ1n) is 8.66. The van der Waals surface area contributed by atoms with Crippen LogP contribution in [0.1, 0.15) is 59.3 Å². The number of unbranched alkanes of at least 4 members (excludes halogenated alkanes) is 3. The maximum absolute atomic E-state index is 9.47. The van der Waals surface area contributed by atoms with Gasteiger partial charge in [0.25, 0.3) is 0 Å². The summed E-state index contributed by atoms with van der Waals surface area (Å²) in [6, 6.07) is 7.79. The molecule has 1 nitrogen and oxygen atoms in total. The van der Waals surface area contributed by atoms with Gasteiger partial charge < -0.3 is 5.11 Å². The Hall–Kier alpha value is -0.485. The van der Waals surface area contributed by atoms with Crippen LogP contribution < -0.4 is 5.46 Å². The zero-order valence-corrected chi connectivity index (χ0v) is 15.0. The minimum atomic E-state index is -0.989. The molecule has 117 valence electrons. The van der Waals surface area contributed by atoms with E-state index in [0.717, 1.165) is 0 Å². The zero-order valence-electron chi connectivity index (χ0n) is 14.1. The smallest absolute Gasteiger partial charge is 0.395 e. The molecule has 3 heteroatoms. The quantitative estimate of drug-likeness (QED) is 0.448. The Labute approximate surface area is 133 Å². The van der Waals surface area contributed by atoms with Crippen molar-refractivity contribution < 1.29 is 5.11 Å². The highest BCUT2D eigenvalue weighted by atomic mass is 31.2. The topological polar surface area (TPSA) is 20.2 Å². The van der Waals surface area contributed by atoms with Crippen LogP contribution in [0, 0.1) is 0 Å². The second kappa shape index (κ2) is 10.3. The van der Waals surface area contributed by atoms with Crippen molar-refractivity contribution in [1.29, 1.82) is 0 Å². The first kappa shape index (κ1) is 18.6. The molecule has 1 radical (unpaired) electrons. The van der Waals surface area contributed by atoms with Crippen LogP contribution in [0.15, 0.2) is 24.3 Å². The van der Waals surface area contributed by atoms with Crippen LogP contribution in [0.2, 0.25) is 0 Å². The molecule has 1 rings (SSSR count). The van der Waals surface area contributed by atoms with Crippen LogP contribution in [0.4, 0.5) is 0 Å². The fourth-order valence-electron chi connectivity index (χ4n) is 2.82. The van der Waals surface area contributed by atoms with Crippen LogP contribution in [-0.2, 0) is 0 Å². The van der Waals surface area contributed by atoms with Gasteiger partial charge in [0, 0.05) is 18.5 Å². The molecule has 0 fully saturated rings. The first-order chi connectivity index (χ1) is 10.2. The third kappa shape index (κ3) is 6.87. The molecule has 0 unspecified atom stereocenters. The SMILES string of the molecule is CCCC[P+]([B]c1ccc(O)cc1)(CCCC)CCCC. The van der Waals surface area contributed by atoms with E-state index in [1.54, 1.807) is 0 Å². The molecule has 0 saturated heterocycles. The second-order valence-electron chi connectivity index (χ2n) is 6.17. The van der Waals surface area contributed by atoms with Crippen molar-refractivity contribution in [1.82, 2.24) is 0 Å². The maximum Gasteiger partial charge on any atom is 0.395 e. The van der Waals surface area contributed by atoms with Gasteiger partial charge >= 0.3 is 7.00 Å².